The van der Waals surface area contributed by atoms with Crippen molar-refractivity contribution in [3.8, 4) is 17.2 Å². The molecule has 0 unspecified atom stereocenters. The predicted molar refractivity (Wildman–Crippen MR) is 111 cm³/mol. The monoisotopic (exact) mass is 379 g/mol. The number of amides is 1. The Morgan fingerprint density at radius 1 is 0.821 bits per heavy atom. The molecule has 0 N–H and O–H groups in total. The summed E-state index contributed by atoms with van der Waals surface area (Å²) in [7, 11) is 6.70. The van der Waals surface area contributed by atoms with Gasteiger partial charge in [-0.1, -0.05) is 18.2 Å². The van der Waals surface area contributed by atoms with Crippen LogP contribution in [0, 0.1) is 0 Å². The van der Waals surface area contributed by atoms with E-state index in [-0.39, 0.29) is 5.91 Å². The molecule has 0 radical (unpaired) electrons. The molecule has 0 aliphatic heterocycles. The lowest BCUT2D eigenvalue weighted by Gasteiger charge is -2.18. The zero-order valence-electron chi connectivity index (χ0n) is 16.7. The fourth-order valence-electron chi connectivity index (χ4n) is 3.14. The minimum Gasteiger partial charge on any atom is -0.497 e. The highest BCUT2D eigenvalue weighted by Gasteiger charge is 2.13. The second-order valence-corrected chi connectivity index (χ2v) is 6.59. The Balaban J connectivity index is 1.69. The fraction of sp³-hybridized carbons (Fsp3) is 0.261. The number of nitrogens with zero attached hydrogens (tertiary/aromatic N) is 1. The molecule has 3 aromatic rings. The van der Waals surface area contributed by atoms with Crippen molar-refractivity contribution in [2.45, 2.75) is 6.42 Å². The summed E-state index contributed by atoms with van der Waals surface area (Å²) in [6.07, 6.45) is 0.730. The average Bonchev–Trinajstić information content (AvgIpc) is 2.75. The van der Waals surface area contributed by atoms with Gasteiger partial charge in [0.2, 0.25) is 0 Å². The zero-order chi connectivity index (χ0) is 20.1. The van der Waals surface area contributed by atoms with Crippen LogP contribution in [0.5, 0.6) is 17.2 Å². The Morgan fingerprint density at radius 3 is 2.25 bits per heavy atom. The third-order valence-electron chi connectivity index (χ3n) is 4.82. The summed E-state index contributed by atoms with van der Waals surface area (Å²) < 4.78 is 15.9. The highest BCUT2D eigenvalue weighted by molar-refractivity contribution is 5.98. The number of benzene rings is 3. The van der Waals surface area contributed by atoms with Crippen molar-refractivity contribution in [1.82, 2.24) is 4.90 Å². The number of carbonyl (C=O) groups excluding carboxylic acids is 1. The number of hydrogen-bond donors (Lipinski definition) is 0. The van der Waals surface area contributed by atoms with E-state index in [9.17, 15) is 4.79 Å². The molecule has 0 aliphatic rings. The van der Waals surface area contributed by atoms with E-state index >= 15 is 0 Å². The van der Waals surface area contributed by atoms with E-state index < -0.39 is 0 Å². The van der Waals surface area contributed by atoms with E-state index in [4.69, 9.17) is 14.2 Å². The van der Waals surface area contributed by atoms with Crippen molar-refractivity contribution in [1.29, 1.82) is 0 Å². The topological polar surface area (TPSA) is 48.0 Å². The van der Waals surface area contributed by atoms with Crippen molar-refractivity contribution in [3.05, 3.63) is 65.7 Å². The second kappa shape index (κ2) is 8.65. The SMILES string of the molecule is COc1ccc2cc(C(=O)N(C)CCc3ccc(OC)c(OC)c3)ccc2c1. The summed E-state index contributed by atoms with van der Waals surface area (Å²) in [6.45, 7) is 0.606. The highest BCUT2D eigenvalue weighted by Crippen LogP contribution is 2.28. The fourth-order valence-corrected chi connectivity index (χ4v) is 3.14. The van der Waals surface area contributed by atoms with Gasteiger partial charge in [-0.3, -0.25) is 4.79 Å². The van der Waals surface area contributed by atoms with Crippen LogP contribution in [0.15, 0.2) is 54.6 Å². The van der Waals surface area contributed by atoms with E-state index in [1.807, 2.05) is 61.6 Å². The molecule has 0 saturated carbocycles. The van der Waals surface area contributed by atoms with Crippen LogP contribution in [-0.4, -0.2) is 45.7 Å². The maximum atomic E-state index is 12.8. The normalized spacial score (nSPS) is 10.6. The first-order valence-electron chi connectivity index (χ1n) is 9.10. The number of fused-ring (bicyclic) bond motifs is 1. The molecular formula is C23H25NO4. The van der Waals surface area contributed by atoms with Gasteiger partial charge in [-0.25, -0.2) is 0 Å². The second-order valence-electron chi connectivity index (χ2n) is 6.59. The summed E-state index contributed by atoms with van der Waals surface area (Å²) >= 11 is 0. The molecule has 146 valence electrons. The molecule has 0 heterocycles. The molecule has 0 saturated heterocycles. The van der Waals surface area contributed by atoms with Gasteiger partial charge in [-0.15, -0.1) is 0 Å². The Hall–Kier alpha value is -3.21. The van der Waals surface area contributed by atoms with Gasteiger partial charge in [-0.05, 0) is 59.2 Å². The van der Waals surface area contributed by atoms with Gasteiger partial charge in [0, 0.05) is 19.2 Å². The molecule has 0 aliphatic carbocycles. The predicted octanol–water partition coefficient (Wildman–Crippen LogP) is 4.18. The maximum absolute atomic E-state index is 12.8. The van der Waals surface area contributed by atoms with E-state index in [0.717, 1.165) is 28.5 Å². The summed E-state index contributed by atoms with van der Waals surface area (Å²) in [5.41, 5.74) is 1.76. The Kier molecular flexibility index (Phi) is 6.04. The average molecular weight is 379 g/mol. The van der Waals surface area contributed by atoms with Crippen LogP contribution < -0.4 is 14.2 Å². The molecule has 0 bridgehead atoms. The largest absolute Gasteiger partial charge is 0.497 e. The van der Waals surface area contributed by atoms with Gasteiger partial charge in [0.25, 0.3) is 5.91 Å². The minimum atomic E-state index is -0.00167. The minimum absolute atomic E-state index is 0.00167. The third kappa shape index (κ3) is 4.19. The van der Waals surface area contributed by atoms with E-state index in [0.29, 0.717) is 23.6 Å². The van der Waals surface area contributed by atoms with Crippen LogP contribution in [0.4, 0.5) is 0 Å². The first-order chi connectivity index (χ1) is 13.5. The van der Waals surface area contributed by atoms with Gasteiger partial charge in [0.05, 0.1) is 21.3 Å². The first-order valence-corrected chi connectivity index (χ1v) is 9.10. The van der Waals surface area contributed by atoms with Crippen molar-refractivity contribution in [2.24, 2.45) is 0 Å². The number of hydrogen-bond acceptors (Lipinski definition) is 4. The standard InChI is InChI=1S/C23H25NO4/c1-24(12-11-16-5-10-21(27-3)22(13-16)28-4)23(25)19-7-6-18-15-20(26-2)9-8-17(18)14-19/h5-10,13-15H,11-12H2,1-4H3. The van der Waals surface area contributed by atoms with E-state index in [1.54, 1.807) is 26.2 Å². The quantitative estimate of drug-likeness (QED) is 0.618. The smallest absolute Gasteiger partial charge is 0.253 e. The zero-order valence-corrected chi connectivity index (χ0v) is 16.7. The van der Waals surface area contributed by atoms with Gasteiger partial charge in [0.15, 0.2) is 11.5 Å². The molecular weight excluding hydrogens is 354 g/mol. The highest BCUT2D eigenvalue weighted by atomic mass is 16.5. The molecule has 3 aromatic carbocycles. The molecule has 3 rings (SSSR count). The molecule has 5 nitrogen and oxygen atoms in total. The van der Waals surface area contributed by atoms with E-state index in [1.165, 1.54) is 0 Å². The van der Waals surface area contributed by atoms with E-state index in [2.05, 4.69) is 0 Å². The number of methoxy groups -OCH3 is 3. The van der Waals surface area contributed by atoms with Gasteiger partial charge in [-0.2, -0.15) is 0 Å². The van der Waals surface area contributed by atoms with Gasteiger partial charge >= 0.3 is 0 Å². The molecule has 28 heavy (non-hydrogen) atoms. The Morgan fingerprint density at radius 2 is 1.54 bits per heavy atom. The van der Waals surface area contributed by atoms with Crippen molar-refractivity contribution >= 4 is 16.7 Å². The summed E-state index contributed by atoms with van der Waals surface area (Å²) in [5.74, 6) is 2.19. The van der Waals surface area contributed by atoms with Crippen LogP contribution >= 0.6 is 0 Å². The summed E-state index contributed by atoms with van der Waals surface area (Å²) in [5, 5.41) is 2.06. The Bertz CT molecular complexity index is 983. The molecule has 0 spiro atoms. The molecule has 0 fully saturated rings. The lowest BCUT2D eigenvalue weighted by molar-refractivity contribution is 0.0797. The molecule has 0 atom stereocenters. The molecule has 1 amide bonds. The van der Waals surface area contributed by atoms with Crippen LogP contribution in [0.1, 0.15) is 15.9 Å². The first kappa shape index (κ1) is 19.5. The molecule has 5 heteroatoms. The van der Waals surface area contributed by atoms with Crippen LogP contribution in [-0.2, 0) is 6.42 Å². The number of ether oxygens (including phenoxy) is 3. The van der Waals surface area contributed by atoms with Crippen molar-refractivity contribution < 1.29 is 19.0 Å². The van der Waals surface area contributed by atoms with Crippen LogP contribution in [0.2, 0.25) is 0 Å². The van der Waals surface area contributed by atoms with Crippen molar-refractivity contribution in [3.63, 3.8) is 0 Å². The third-order valence-corrected chi connectivity index (χ3v) is 4.82. The Labute approximate surface area is 165 Å². The number of carbonyl (C=O) groups is 1. The maximum Gasteiger partial charge on any atom is 0.253 e. The van der Waals surface area contributed by atoms with Gasteiger partial charge in [0.1, 0.15) is 5.75 Å². The number of likely N-dealkylation sites (N-methyl/N-ethyl adjacent to an activating group) is 1. The van der Waals surface area contributed by atoms with Crippen LogP contribution in [0.3, 0.4) is 0 Å². The number of rotatable bonds is 7. The summed E-state index contributed by atoms with van der Waals surface area (Å²) in [6, 6.07) is 17.4. The lowest BCUT2D eigenvalue weighted by atomic mass is 10.1. The summed E-state index contributed by atoms with van der Waals surface area (Å²) in [4.78, 5) is 14.6. The molecule has 0 aromatic heterocycles. The van der Waals surface area contributed by atoms with Crippen LogP contribution in [0.25, 0.3) is 10.8 Å². The van der Waals surface area contributed by atoms with Gasteiger partial charge < -0.3 is 19.1 Å². The van der Waals surface area contributed by atoms with Crippen molar-refractivity contribution in [2.75, 3.05) is 34.9 Å². The lowest BCUT2D eigenvalue weighted by Crippen LogP contribution is -2.28.